The highest BCUT2D eigenvalue weighted by molar-refractivity contribution is 9.10. The fourth-order valence-corrected chi connectivity index (χ4v) is 2.79. The van der Waals surface area contributed by atoms with Crippen LogP contribution in [-0.4, -0.2) is 12.5 Å². The minimum atomic E-state index is -0.00280. The second kappa shape index (κ2) is 7.31. The van der Waals surface area contributed by atoms with Gasteiger partial charge in [-0.25, -0.2) is 0 Å². The van der Waals surface area contributed by atoms with Crippen LogP contribution in [0.3, 0.4) is 0 Å². The third kappa shape index (κ3) is 5.21. The van der Waals surface area contributed by atoms with Gasteiger partial charge in [0, 0.05) is 16.6 Å². The van der Waals surface area contributed by atoms with Crippen molar-refractivity contribution < 1.29 is 4.79 Å². The predicted molar refractivity (Wildman–Crippen MR) is 99.9 cm³/mol. The third-order valence-electron chi connectivity index (χ3n) is 4.09. The Kier molecular flexibility index (Phi) is 5.64. The molecule has 0 aliphatic heterocycles. The van der Waals surface area contributed by atoms with Crippen molar-refractivity contribution in [1.82, 2.24) is 5.32 Å². The summed E-state index contributed by atoms with van der Waals surface area (Å²) in [5.41, 5.74) is 4.36. The summed E-state index contributed by atoms with van der Waals surface area (Å²) in [5.74, 6) is -0.00280. The molecule has 3 heteroatoms. The van der Waals surface area contributed by atoms with Crippen LogP contribution in [0, 0.1) is 19.3 Å². The molecule has 1 N–H and O–H groups in total. The van der Waals surface area contributed by atoms with Crippen LogP contribution in [-0.2, 0) is 6.42 Å². The number of hydrogen-bond donors (Lipinski definition) is 1. The minimum Gasteiger partial charge on any atom is -0.351 e. The van der Waals surface area contributed by atoms with E-state index >= 15 is 0 Å². The zero-order valence-electron chi connectivity index (χ0n) is 14.2. The van der Waals surface area contributed by atoms with Gasteiger partial charge in [-0.15, -0.1) is 0 Å². The molecule has 0 saturated carbocycles. The molecule has 0 aromatic heterocycles. The van der Waals surface area contributed by atoms with Crippen molar-refractivity contribution in [3.05, 3.63) is 69.2 Å². The maximum atomic E-state index is 12.3. The van der Waals surface area contributed by atoms with E-state index in [0.717, 1.165) is 22.0 Å². The molecule has 0 aliphatic rings. The number of carbonyl (C=O) groups excluding carboxylic acids is 1. The molecule has 23 heavy (non-hydrogen) atoms. The number of rotatable bonds is 5. The maximum Gasteiger partial charge on any atom is 0.251 e. The summed E-state index contributed by atoms with van der Waals surface area (Å²) in [6.07, 6.45) is 0.924. The van der Waals surface area contributed by atoms with Crippen LogP contribution < -0.4 is 5.32 Å². The van der Waals surface area contributed by atoms with Crippen molar-refractivity contribution in [2.24, 2.45) is 5.41 Å². The number of aryl methyl sites for hydroxylation is 2. The molecule has 2 nitrogen and oxygen atoms in total. The van der Waals surface area contributed by atoms with Crippen molar-refractivity contribution >= 4 is 21.8 Å². The van der Waals surface area contributed by atoms with Gasteiger partial charge in [0.05, 0.1) is 0 Å². The zero-order chi connectivity index (χ0) is 17.0. The summed E-state index contributed by atoms with van der Waals surface area (Å²) in [6, 6.07) is 14.2. The van der Waals surface area contributed by atoms with Gasteiger partial charge in [-0.3, -0.25) is 4.79 Å². The molecule has 0 aliphatic carbocycles. The highest BCUT2D eigenvalue weighted by Crippen LogP contribution is 2.22. The predicted octanol–water partition coefficient (Wildman–Crippen LogP) is 5.06. The first kappa shape index (κ1) is 17.7. The average Bonchev–Trinajstić information content (AvgIpc) is 2.50. The molecule has 0 spiro atoms. The number of nitrogens with one attached hydrogen (secondary N) is 1. The second-order valence-electron chi connectivity index (χ2n) is 6.95. The van der Waals surface area contributed by atoms with Crippen LogP contribution in [0.2, 0.25) is 0 Å². The highest BCUT2D eigenvalue weighted by atomic mass is 79.9. The van der Waals surface area contributed by atoms with Gasteiger partial charge in [0.25, 0.3) is 5.91 Å². The van der Waals surface area contributed by atoms with E-state index in [0.29, 0.717) is 6.54 Å². The quantitative estimate of drug-likeness (QED) is 0.778. The van der Waals surface area contributed by atoms with Gasteiger partial charge in [0.1, 0.15) is 0 Å². The van der Waals surface area contributed by atoms with E-state index in [2.05, 4.69) is 66.3 Å². The van der Waals surface area contributed by atoms with Crippen molar-refractivity contribution in [2.45, 2.75) is 34.1 Å². The molecule has 0 bridgehead atoms. The van der Waals surface area contributed by atoms with Gasteiger partial charge in [-0.05, 0) is 66.6 Å². The Bertz CT molecular complexity index is 689. The van der Waals surface area contributed by atoms with E-state index in [9.17, 15) is 4.79 Å². The lowest BCUT2D eigenvalue weighted by Crippen LogP contribution is -2.35. The van der Waals surface area contributed by atoms with Gasteiger partial charge in [0.15, 0.2) is 0 Å². The number of benzene rings is 2. The molecule has 0 radical (unpaired) electrons. The van der Waals surface area contributed by atoms with Crippen molar-refractivity contribution in [3.8, 4) is 0 Å². The van der Waals surface area contributed by atoms with E-state index in [1.807, 2.05) is 25.1 Å². The maximum absolute atomic E-state index is 12.3. The average molecular weight is 374 g/mol. The van der Waals surface area contributed by atoms with Crippen molar-refractivity contribution in [3.63, 3.8) is 0 Å². The van der Waals surface area contributed by atoms with Crippen LogP contribution in [0.4, 0.5) is 0 Å². The van der Waals surface area contributed by atoms with Gasteiger partial charge in [-0.2, -0.15) is 0 Å². The summed E-state index contributed by atoms with van der Waals surface area (Å²) >= 11 is 3.45. The van der Waals surface area contributed by atoms with E-state index in [1.54, 1.807) is 0 Å². The molecule has 0 saturated heterocycles. The Morgan fingerprint density at radius 1 is 1.04 bits per heavy atom. The SMILES string of the molecule is Cc1ccc(C(=O)NCC(C)(C)Cc2ccc(Br)cc2)cc1C. The van der Waals surface area contributed by atoms with E-state index < -0.39 is 0 Å². The lowest BCUT2D eigenvalue weighted by atomic mass is 9.85. The molecule has 0 fully saturated rings. The normalized spacial score (nSPS) is 11.3. The second-order valence-corrected chi connectivity index (χ2v) is 7.86. The summed E-state index contributed by atoms with van der Waals surface area (Å²) in [6.45, 7) is 9.09. The van der Waals surface area contributed by atoms with Crippen LogP contribution in [0.15, 0.2) is 46.9 Å². The van der Waals surface area contributed by atoms with E-state index in [-0.39, 0.29) is 11.3 Å². The van der Waals surface area contributed by atoms with Crippen LogP contribution in [0.25, 0.3) is 0 Å². The fraction of sp³-hybridized carbons (Fsp3) is 0.350. The van der Waals surface area contributed by atoms with E-state index in [1.165, 1.54) is 11.1 Å². The van der Waals surface area contributed by atoms with E-state index in [4.69, 9.17) is 0 Å². The molecule has 2 aromatic carbocycles. The first-order valence-corrected chi connectivity index (χ1v) is 8.66. The molecule has 2 aromatic rings. The first-order chi connectivity index (χ1) is 10.8. The standard InChI is InChI=1S/C20H24BrNO/c1-14-5-8-17(11-15(14)2)19(23)22-13-20(3,4)12-16-6-9-18(21)10-7-16/h5-11H,12-13H2,1-4H3,(H,22,23). The van der Waals surface area contributed by atoms with Gasteiger partial charge in [-0.1, -0.05) is 48.0 Å². The summed E-state index contributed by atoms with van der Waals surface area (Å²) in [5, 5.41) is 3.07. The topological polar surface area (TPSA) is 29.1 Å². The molecule has 0 unspecified atom stereocenters. The van der Waals surface area contributed by atoms with Crippen LogP contribution >= 0.6 is 15.9 Å². The molecule has 0 heterocycles. The smallest absolute Gasteiger partial charge is 0.251 e. The first-order valence-electron chi connectivity index (χ1n) is 7.87. The Morgan fingerprint density at radius 2 is 1.70 bits per heavy atom. The fourth-order valence-electron chi connectivity index (χ4n) is 2.52. The molecule has 0 atom stereocenters. The molecular formula is C20H24BrNO. The zero-order valence-corrected chi connectivity index (χ0v) is 15.8. The molecule has 2 rings (SSSR count). The largest absolute Gasteiger partial charge is 0.351 e. The van der Waals surface area contributed by atoms with Crippen LogP contribution in [0.1, 0.15) is 40.9 Å². The van der Waals surface area contributed by atoms with Gasteiger partial charge < -0.3 is 5.32 Å². The van der Waals surface area contributed by atoms with Crippen molar-refractivity contribution in [1.29, 1.82) is 0 Å². The third-order valence-corrected chi connectivity index (χ3v) is 4.62. The lowest BCUT2D eigenvalue weighted by molar-refractivity contribution is 0.0936. The Labute approximate surface area is 147 Å². The van der Waals surface area contributed by atoms with Crippen LogP contribution in [0.5, 0.6) is 0 Å². The minimum absolute atomic E-state index is 0.00280. The van der Waals surface area contributed by atoms with Crippen molar-refractivity contribution in [2.75, 3.05) is 6.54 Å². The monoisotopic (exact) mass is 373 g/mol. The number of carbonyl (C=O) groups is 1. The number of hydrogen-bond acceptors (Lipinski definition) is 1. The highest BCUT2D eigenvalue weighted by Gasteiger charge is 2.20. The summed E-state index contributed by atoms with van der Waals surface area (Å²) in [4.78, 5) is 12.3. The number of amides is 1. The Morgan fingerprint density at radius 3 is 2.30 bits per heavy atom. The molecule has 122 valence electrons. The lowest BCUT2D eigenvalue weighted by Gasteiger charge is -2.25. The van der Waals surface area contributed by atoms with Gasteiger partial charge >= 0.3 is 0 Å². The molecule has 1 amide bonds. The summed E-state index contributed by atoms with van der Waals surface area (Å²) in [7, 11) is 0. The molecular weight excluding hydrogens is 350 g/mol. The number of halogens is 1. The Hall–Kier alpha value is -1.61. The van der Waals surface area contributed by atoms with Gasteiger partial charge in [0.2, 0.25) is 0 Å². The Balaban J connectivity index is 1.96. The summed E-state index contributed by atoms with van der Waals surface area (Å²) < 4.78 is 1.09.